The summed E-state index contributed by atoms with van der Waals surface area (Å²) in [5.74, 6) is 2.04. The Kier molecular flexibility index (Phi) is 8.53. The summed E-state index contributed by atoms with van der Waals surface area (Å²) in [5, 5.41) is 3.21. The van der Waals surface area contributed by atoms with Crippen molar-refractivity contribution in [2.45, 2.75) is 47.6 Å². The molecule has 0 spiro atoms. The highest BCUT2D eigenvalue weighted by molar-refractivity contribution is 6.31. The third-order valence-corrected chi connectivity index (χ3v) is 9.06. The Morgan fingerprint density at radius 1 is 0.900 bits per heavy atom. The molecule has 4 aromatic rings. The van der Waals surface area contributed by atoms with Crippen LogP contribution in [0.5, 0.6) is 0 Å². The first-order chi connectivity index (χ1) is 19.5. The van der Waals surface area contributed by atoms with E-state index in [1.165, 1.54) is 54.1 Å². The lowest BCUT2D eigenvalue weighted by Crippen LogP contribution is -2.48. The maximum absolute atomic E-state index is 6.46. The van der Waals surface area contributed by atoms with E-state index in [-0.39, 0.29) is 0 Å². The summed E-state index contributed by atoms with van der Waals surface area (Å²) in [6.07, 6.45) is 7.59. The van der Waals surface area contributed by atoms with Crippen molar-refractivity contribution in [2.24, 2.45) is 0 Å². The summed E-state index contributed by atoms with van der Waals surface area (Å²) in [6.45, 7) is 18.7. The van der Waals surface area contributed by atoms with E-state index in [4.69, 9.17) is 16.0 Å². The smallest absolute Gasteiger partial charge is 0.374 e. The molecule has 40 heavy (non-hydrogen) atoms. The lowest BCUT2D eigenvalue weighted by molar-refractivity contribution is -0.923. The van der Waals surface area contributed by atoms with Crippen molar-refractivity contribution < 1.29 is 13.5 Å². The zero-order valence-corrected chi connectivity index (χ0v) is 25.4. The van der Waals surface area contributed by atoms with Crippen molar-refractivity contribution in [3.8, 4) is 0 Å². The van der Waals surface area contributed by atoms with Crippen LogP contribution in [-0.2, 0) is 6.54 Å². The number of halogens is 1. The minimum Gasteiger partial charge on any atom is -0.398 e. The van der Waals surface area contributed by atoms with Gasteiger partial charge in [0.25, 0.3) is 5.52 Å². The van der Waals surface area contributed by atoms with Crippen LogP contribution in [0.3, 0.4) is 0 Å². The number of nitrogens with zero attached hydrogens (tertiary/aromatic N) is 4. The molecule has 0 saturated carbocycles. The number of benzene rings is 3. The van der Waals surface area contributed by atoms with E-state index in [0.717, 1.165) is 52.6 Å². The number of rotatable bonds is 11. The largest absolute Gasteiger partial charge is 0.398 e. The minimum atomic E-state index is 0.770. The topological polar surface area (TPSA) is 23.5 Å². The van der Waals surface area contributed by atoms with E-state index in [1.54, 1.807) is 0 Å². The molecule has 0 fully saturated rings. The Morgan fingerprint density at radius 2 is 1.68 bits per heavy atom. The van der Waals surface area contributed by atoms with Crippen LogP contribution in [0.15, 0.2) is 77.0 Å². The summed E-state index contributed by atoms with van der Waals surface area (Å²) in [6, 6.07) is 19.0. The van der Waals surface area contributed by atoms with Crippen LogP contribution in [-0.4, -0.2) is 43.8 Å². The quantitative estimate of drug-likeness (QED) is 0.137. The number of quaternary nitrogens is 1. The third-order valence-electron chi connectivity index (χ3n) is 8.83. The zero-order valence-electron chi connectivity index (χ0n) is 24.7. The molecular weight excluding hydrogens is 516 g/mol. The fraction of sp³-hybridized carbons (Fsp3) is 0.382. The van der Waals surface area contributed by atoms with Gasteiger partial charge in [-0.15, -0.1) is 0 Å². The first kappa shape index (κ1) is 28.3. The molecule has 0 bridgehead atoms. The highest BCUT2D eigenvalue weighted by Crippen LogP contribution is 2.43. The molecule has 0 aliphatic carbocycles. The molecular formula is C34H43ClN4O+2. The molecule has 3 aromatic carbocycles. The maximum Gasteiger partial charge on any atom is 0.374 e. The highest BCUT2D eigenvalue weighted by Gasteiger charge is 2.31. The number of oxazole rings is 1. The molecule has 0 atom stereocenters. The van der Waals surface area contributed by atoms with E-state index in [0.29, 0.717) is 0 Å². The molecule has 0 amide bonds. The van der Waals surface area contributed by atoms with Crippen molar-refractivity contribution in [3.63, 3.8) is 0 Å². The van der Waals surface area contributed by atoms with Crippen molar-refractivity contribution >= 4 is 50.9 Å². The van der Waals surface area contributed by atoms with Crippen LogP contribution in [0.1, 0.15) is 46.9 Å². The van der Waals surface area contributed by atoms with Gasteiger partial charge in [-0.3, -0.25) is 0 Å². The van der Waals surface area contributed by atoms with Crippen LogP contribution < -0.4 is 14.4 Å². The second-order valence-corrected chi connectivity index (χ2v) is 11.0. The fourth-order valence-corrected chi connectivity index (χ4v) is 6.48. The summed E-state index contributed by atoms with van der Waals surface area (Å²) in [5.41, 5.74) is 4.47. The molecule has 1 aromatic heterocycles. The average Bonchev–Trinajstić information content (AvgIpc) is 3.49. The van der Waals surface area contributed by atoms with Crippen LogP contribution in [0.4, 0.5) is 11.4 Å². The second kappa shape index (κ2) is 12.1. The lowest BCUT2D eigenvalue weighted by Gasteiger charge is -2.36. The summed E-state index contributed by atoms with van der Waals surface area (Å²) in [7, 11) is 0. The van der Waals surface area contributed by atoms with Crippen molar-refractivity contribution in [1.29, 1.82) is 0 Å². The fourth-order valence-electron chi connectivity index (χ4n) is 6.32. The Labute approximate surface area is 244 Å². The molecule has 5 nitrogen and oxygen atoms in total. The standard InChI is InChI=1S/C34H43ClN4O/c1-6-36-30-25-27(35)20-21-29(30)38(23-14-24-39(8-3,9-4)10-5)32(36)17-13-18-33-37(7-2)34-28-16-12-11-15-26(28)19-22-31(34)40-33/h11-13,15-22,25H,6-10,14,23-24H2,1-5H3/q+2. The van der Waals surface area contributed by atoms with E-state index in [9.17, 15) is 0 Å². The van der Waals surface area contributed by atoms with Gasteiger partial charge in [-0.2, -0.15) is 4.57 Å². The van der Waals surface area contributed by atoms with Gasteiger partial charge >= 0.3 is 5.89 Å². The van der Waals surface area contributed by atoms with Crippen LogP contribution in [0.2, 0.25) is 5.02 Å². The molecule has 0 unspecified atom stereocenters. The SMILES string of the molecule is CCN1/C(=C\C=C\c2oc3ccc4ccccc4c3[n+]2CC)N(CCC[N+](CC)(CC)CC)c2ccc(Cl)cc21. The van der Waals surface area contributed by atoms with Gasteiger partial charge in [0, 0.05) is 24.5 Å². The summed E-state index contributed by atoms with van der Waals surface area (Å²) in [4.78, 5) is 4.84. The van der Waals surface area contributed by atoms with Crippen LogP contribution >= 0.6 is 11.6 Å². The Hall–Kier alpha value is -3.28. The molecule has 210 valence electrons. The lowest BCUT2D eigenvalue weighted by atomic mass is 10.1. The van der Waals surface area contributed by atoms with Crippen LogP contribution in [0, 0.1) is 0 Å². The van der Waals surface area contributed by atoms with E-state index in [2.05, 4.69) is 116 Å². The van der Waals surface area contributed by atoms with E-state index >= 15 is 0 Å². The van der Waals surface area contributed by atoms with Crippen LogP contribution in [0.25, 0.3) is 27.9 Å². The molecule has 0 N–H and O–H groups in total. The van der Waals surface area contributed by atoms with Crippen molar-refractivity contribution in [2.75, 3.05) is 49.1 Å². The van der Waals surface area contributed by atoms with Gasteiger partial charge < -0.3 is 18.7 Å². The normalized spacial score (nSPS) is 14.9. The first-order valence-corrected chi connectivity index (χ1v) is 15.3. The Bertz CT molecular complexity index is 1540. The molecule has 0 saturated heterocycles. The predicted molar refractivity (Wildman–Crippen MR) is 170 cm³/mol. The van der Waals surface area contributed by atoms with Gasteiger partial charge in [-0.25, -0.2) is 0 Å². The van der Waals surface area contributed by atoms with Gasteiger partial charge in [0.05, 0.1) is 49.0 Å². The molecule has 2 heterocycles. The molecule has 5 rings (SSSR count). The number of hydrogen-bond donors (Lipinski definition) is 0. The van der Waals surface area contributed by atoms with Gasteiger partial charge in [0.15, 0.2) is 0 Å². The molecule has 6 heteroatoms. The highest BCUT2D eigenvalue weighted by atomic mass is 35.5. The van der Waals surface area contributed by atoms with Gasteiger partial charge in [0.2, 0.25) is 5.58 Å². The Morgan fingerprint density at radius 3 is 2.40 bits per heavy atom. The molecule has 1 aliphatic rings. The number of fused-ring (bicyclic) bond motifs is 4. The Balaban J connectivity index is 1.49. The summed E-state index contributed by atoms with van der Waals surface area (Å²) >= 11 is 6.46. The minimum absolute atomic E-state index is 0.770. The number of hydrogen-bond acceptors (Lipinski definition) is 3. The van der Waals surface area contributed by atoms with Gasteiger partial charge in [-0.1, -0.05) is 35.9 Å². The zero-order chi connectivity index (χ0) is 28.3. The van der Waals surface area contributed by atoms with E-state index in [1.807, 2.05) is 6.07 Å². The monoisotopic (exact) mass is 558 g/mol. The molecule has 0 radical (unpaired) electrons. The number of allylic oxidation sites excluding steroid dienone is 2. The third kappa shape index (κ3) is 5.13. The number of aromatic nitrogens is 1. The molecule has 1 aliphatic heterocycles. The summed E-state index contributed by atoms with van der Waals surface area (Å²) < 4.78 is 9.79. The number of aryl methyl sites for hydroxylation is 1. The number of anilines is 2. The van der Waals surface area contributed by atoms with Gasteiger partial charge in [0.1, 0.15) is 12.4 Å². The van der Waals surface area contributed by atoms with Crippen molar-refractivity contribution in [3.05, 3.63) is 83.5 Å². The average molecular weight is 559 g/mol. The van der Waals surface area contributed by atoms with Crippen molar-refractivity contribution in [1.82, 2.24) is 0 Å². The van der Waals surface area contributed by atoms with Gasteiger partial charge in [-0.05, 0) is 82.5 Å². The maximum atomic E-state index is 6.46. The predicted octanol–water partition coefficient (Wildman–Crippen LogP) is 8.01. The second-order valence-electron chi connectivity index (χ2n) is 10.6. The van der Waals surface area contributed by atoms with E-state index < -0.39 is 0 Å². The first-order valence-electron chi connectivity index (χ1n) is 14.9.